The molecule has 1 atom stereocenters. The van der Waals surface area contributed by atoms with Crippen molar-refractivity contribution < 1.29 is 13.2 Å². The number of benzene rings is 2. The molecule has 0 aliphatic carbocycles. The van der Waals surface area contributed by atoms with Crippen molar-refractivity contribution in [2.75, 3.05) is 6.26 Å². The van der Waals surface area contributed by atoms with Crippen LogP contribution in [-0.2, 0) is 9.84 Å². The van der Waals surface area contributed by atoms with Gasteiger partial charge in [0.1, 0.15) is 0 Å². The molecule has 2 rings (SSSR count). The maximum atomic E-state index is 11.9. The molecule has 2 aromatic carbocycles. The smallest absolute Gasteiger partial charge is 0.197 e. The first-order valence-electron chi connectivity index (χ1n) is 5.92. The van der Waals surface area contributed by atoms with Gasteiger partial charge in [-0.15, -0.1) is 0 Å². The SMILES string of the molecule is CS(=O)(=O)[C@@H](Cl)C(=O)c1ccc(-c2ccccc2)cc1. The Morgan fingerprint density at radius 3 is 1.95 bits per heavy atom. The summed E-state index contributed by atoms with van der Waals surface area (Å²) < 4.78 is 21.0. The molecule has 0 bridgehead atoms. The summed E-state index contributed by atoms with van der Waals surface area (Å²) in [4.78, 5) is 11.9. The van der Waals surface area contributed by atoms with Gasteiger partial charge in [0.15, 0.2) is 20.3 Å². The number of halogens is 1. The fourth-order valence-electron chi connectivity index (χ4n) is 1.78. The molecule has 0 saturated carbocycles. The first-order chi connectivity index (χ1) is 9.39. The molecule has 0 aliphatic rings. The van der Waals surface area contributed by atoms with E-state index in [2.05, 4.69) is 0 Å². The van der Waals surface area contributed by atoms with E-state index in [1.54, 1.807) is 24.3 Å². The molecule has 0 N–H and O–H groups in total. The number of hydrogen-bond donors (Lipinski definition) is 0. The quantitative estimate of drug-likeness (QED) is 0.644. The van der Waals surface area contributed by atoms with E-state index in [-0.39, 0.29) is 5.56 Å². The van der Waals surface area contributed by atoms with Crippen LogP contribution in [-0.4, -0.2) is 25.2 Å². The molecule has 5 heteroatoms. The summed E-state index contributed by atoms with van der Waals surface area (Å²) in [6.07, 6.45) is 0.945. The summed E-state index contributed by atoms with van der Waals surface area (Å²) in [5, 5.41) is 0. The predicted octanol–water partition coefficient (Wildman–Crippen LogP) is 3.15. The van der Waals surface area contributed by atoms with Crippen molar-refractivity contribution in [1.29, 1.82) is 0 Å². The number of alkyl halides is 1. The molecule has 104 valence electrons. The highest BCUT2D eigenvalue weighted by Crippen LogP contribution is 2.21. The molecule has 3 nitrogen and oxygen atoms in total. The van der Waals surface area contributed by atoms with Crippen LogP contribution >= 0.6 is 11.6 Å². The topological polar surface area (TPSA) is 51.2 Å². The van der Waals surface area contributed by atoms with Crippen LogP contribution in [0.15, 0.2) is 54.6 Å². The van der Waals surface area contributed by atoms with Crippen LogP contribution in [0, 0.1) is 0 Å². The number of ketones is 1. The van der Waals surface area contributed by atoms with Crippen molar-refractivity contribution in [2.24, 2.45) is 0 Å². The highest BCUT2D eigenvalue weighted by molar-refractivity contribution is 7.93. The minimum Gasteiger partial charge on any atom is -0.291 e. The van der Waals surface area contributed by atoms with Crippen LogP contribution in [0.3, 0.4) is 0 Å². The van der Waals surface area contributed by atoms with Gasteiger partial charge in [-0.3, -0.25) is 4.79 Å². The Morgan fingerprint density at radius 1 is 0.950 bits per heavy atom. The zero-order valence-electron chi connectivity index (χ0n) is 10.8. The first-order valence-corrected chi connectivity index (χ1v) is 8.31. The highest BCUT2D eigenvalue weighted by Gasteiger charge is 2.27. The van der Waals surface area contributed by atoms with Gasteiger partial charge in [0.05, 0.1) is 0 Å². The van der Waals surface area contributed by atoms with E-state index < -0.39 is 20.3 Å². The number of Topliss-reactive ketones (excluding diaryl/α,β-unsaturated/α-hetero) is 1. The van der Waals surface area contributed by atoms with Crippen molar-refractivity contribution in [2.45, 2.75) is 4.71 Å². The van der Waals surface area contributed by atoms with E-state index in [1.165, 1.54) is 0 Å². The maximum absolute atomic E-state index is 11.9. The van der Waals surface area contributed by atoms with E-state index in [0.717, 1.165) is 17.4 Å². The second-order valence-electron chi connectivity index (χ2n) is 4.45. The Morgan fingerprint density at radius 2 is 1.45 bits per heavy atom. The maximum Gasteiger partial charge on any atom is 0.197 e. The molecular formula is C15H13ClO3S. The van der Waals surface area contributed by atoms with Crippen LogP contribution in [0.5, 0.6) is 0 Å². The largest absolute Gasteiger partial charge is 0.291 e. The average Bonchev–Trinajstić information content (AvgIpc) is 2.46. The molecule has 20 heavy (non-hydrogen) atoms. The summed E-state index contributed by atoms with van der Waals surface area (Å²) in [5.74, 6) is -0.603. The van der Waals surface area contributed by atoms with Crippen molar-refractivity contribution in [1.82, 2.24) is 0 Å². The summed E-state index contributed by atoms with van der Waals surface area (Å²) in [6, 6.07) is 16.4. The molecular weight excluding hydrogens is 296 g/mol. The van der Waals surface area contributed by atoms with Crippen molar-refractivity contribution >= 4 is 27.2 Å². The van der Waals surface area contributed by atoms with Gasteiger partial charge in [0.25, 0.3) is 0 Å². The Kier molecular flexibility index (Phi) is 4.26. The molecule has 0 aliphatic heterocycles. The van der Waals surface area contributed by atoms with Crippen LogP contribution in [0.4, 0.5) is 0 Å². The lowest BCUT2D eigenvalue weighted by atomic mass is 10.0. The molecule has 0 amide bonds. The van der Waals surface area contributed by atoms with Gasteiger partial charge in [0.2, 0.25) is 0 Å². The summed E-state index contributed by atoms with van der Waals surface area (Å²) >= 11 is 5.66. The van der Waals surface area contributed by atoms with Crippen LogP contribution in [0.25, 0.3) is 11.1 Å². The van der Waals surface area contributed by atoms with Gasteiger partial charge in [0, 0.05) is 11.8 Å². The first kappa shape index (κ1) is 14.8. The molecule has 0 radical (unpaired) electrons. The molecule has 0 heterocycles. The van der Waals surface area contributed by atoms with E-state index in [1.807, 2.05) is 30.3 Å². The number of hydrogen-bond acceptors (Lipinski definition) is 3. The molecule has 0 aromatic heterocycles. The van der Waals surface area contributed by atoms with Crippen molar-refractivity contribution in [3.63, 3.8) is 0 Å². The lowest BCUT2D eigenvalue weighted by molar-refractivity contribution is 0.101. The van der Waals surface area contributed by atoms with Gasteiger partial charge in [-0.25, -0.2) is 8.42 Å². The predicted molar refractivity (Wildman–Crippen MR) is 80.7 cm³/mol. The third-order valence-corrected chi connectivity index (χ3v) is 4.99. The Hall–Kier alpha value is -1.65. The van der Waals surface area contributed by atoms with Crippen molar-refractivity contribution in [3.8, 4) is 11.1 Å². The highest BCUT2D eigenvalue weighted by atomic mass is 35.5. The minimum absolute atomic E-state index is 0.287. The molecule has 0 fully saturated rings. The number of carbonyl (C=O) groups excluding carboxylic acids is 1. The monoisotopic (exact) mass is 308 g/mol. The van der Waals surface area contributed by atoms with Gasteiger partial charge in [-0.1, -0.05) is 66.2 Å². The Labute approximate surface area is 123 Å². The number of sulfone groups is 1. The van der Waals surface area contributed by atoms with Crippen LogP contribution in [0.2, 0.25) is 0 Å². The lowest BCUT2D eigenvalue weighted by Gasteiger charge is -2.07. The third-order valence-electron chi connectivity index (χ3n) is 2.86. The van der Waals surface area contributed by atoms with Crippen LogP contribution < -0.4 is 0 Å². The third kappa shape index (κ3) is 3.26. The summed E-state index contributed by atoms with van der Waals surface area (Å²) in [6.45, 7) is 0. The van der Waals surface area contributed by atoms with E-state index in [4.69, 9.17) is 11.6 Å². The Balaban J connectivity index is 2.27. The van der Waals surface area contributed by atoms with E-state index in [0.29, 0.717) is 0 Å². The fourth-order valence-corrected chi connectivity index (χ4v) is 2.43. The van der Waals surface area contributed by atoms with E-state index in [9.17, 15) is 13.2 Å². The van der Waals surface area contributed by atoms with Crippen molar-refractivity contribution in [3.05, 3.63) is 60.2 Å². The average molecular weight is 309 g/mol. The zero-order valence-corrected chi connectivity index (χ0v) is 12.4. The number of carbonyl (C=O) groups is 1. The second kappa shape index (κ2) is 5.77. The van der Waals surface area contributed by atoms with Crippen LogP contribution in [0.1, 0.15) is 10.4 Å². The second-order valence-corrected chi connectivity index (χ2v) is 7.28. The Bertz CT molecular complexity index is 707. The molecule has 2 aromatic rings. The molecule has 0 saturated heterocycles. The summed E-state index contributed by atoms with van der Waals surface area (Å²) in [5.41, 5.74) is 2.26. The van der Waals surface area contributed by atoms with E-state index >= 15 is 0 Å². The fraction of sp³-hybridized carbons (Fsp3) is 0.133. The number of rotatable bonds is 4. The minimum atomic E-state index is -3.60. The lowest BCUT2D eigenvalue weighted by Crippen LogP contribution is -2.23. The van der Waals surface area contributed by atoms with Gasteiger partial charge < -0.3 is 0 Å². The summed E-state index contributed by atoms with van der Waals surface area (Å²) in [7, 11) is -3.60. The van der Waals surface area contributed by atoms with Gasteiger partial charge in [-0.2, -0.15) is 0 Å². The standard InChI is InChI=1S/C15H13ClO3S/c1-20(18,19)15(16)14(17)13-9-7-12(8-10-13)11-5-3-2-4-6-11/h2-10,15H,1H3/t15-/m1/s1. The zero-order chi connectivity index (χ0) is 14.8. The normalized spacial score (nSPS) is 12.9. The van der Waals surface area contributed by atoms with Gasteiger partial charge in [-0.05, 0) is 11.1 Å². The molecule has 0 spiro atoms. The molecule has 0 unspecified atom stereocenters. The van der Waals surface area contributed by atoms with Gasteiger partial charge >= 0.3 is 0 Å².